The standard InChI is InChI=1S/C57H96O10/c1-11-13-14-15-16-17-18-19-20-21-22-23-24-25-51(61)62-37-50-52(63-40(6)58)53(64-41(7)59)54(65-42(8)60)55(67-50)66-45-32-34-56(9)44(36-45)28-29-46-48-31-30-47(57(48,10)35-33-49(46)56)39(5)26-27-43(12-2)38(3)4/h28,38-39,43,45-50,52-55H,11-27,29-37H2,1-10H3. The van der Waals surface area contributed by atoms with Gasteiger partial charge in [-0.1, -0.05) is 150 Å². The van der Waals surface area contributed by atoms with Crippen LogP contribution in [0.5, 0.6) is 0 Å². The molecular formula is C57H96O10. The first-order valence-corrected chi connectivity index (χ1v) is 27.7. The van der Waals surface area contributed by atoms with Gasteiger partial charge in [0.2, 0.25) is 0 Å². The lowest BCUT2D eigenvalue weighted by Gasteiger charge is -2.58. The average molecular weight is 941 g/mol. The summed E-state index contributed by atoms with van der Waals surface area (Å²) >= 11 is 0. The molecule has 5 rings (SSSR count). The fraction of sp³-hybridized carbons (Fsp3) is 0.895. The van der Waals surface area contributed by atoms with Crippen LogP contribution < -0.4 is 0 Å². The first-order chi connectivity index (χ1) is 32.0. The summed E-state index contributed by atoms with van der Waals surface area (Å²) in [4.78, 5) is 50.8. The van der Waals surface area contributed by atoms with Crippen LogP contribution in [0.15, 0.2) is 11.6 Å². The molecule has 10 heteroatoms. The number of hydrogen-bond donors (Lipinski definition) is 0. The normalized spacial score (nSPS) is 33.4. The molecule has 0 N–H and O–H groups in total. The average Bonchev–Trinajstić information content (AvgIpc) is 3.63. The summed E-state index contributed by atoms with van der Waals surface area (Å²) in [6.07, 6.45) is 25.4. The lowest BCUT2D eigenvalue weighted by Crippen LogP contribution is -2.63. The lowest BCUT2D eigenvalue weighted by molar-refractivity contribution is -0.318. The third kappa shape index (κ3) is 15.0. The van der Waals surface area contributed by atoms with Gasteiger partial charge in [-0.3, -0.25) is 19.2 Å². The molecule has 67 heavy (non-hydrogen) atoms. The molecule has 4 fully saturated rings. The summed E-state index contributed by atoms with van der Waals surface area (Å²) in [5.74, 6) is 2.98. The summed E-state index contributed by atoms with van der Waals surface area (Å²) < 4.78 is 36.4. The maximum absolute atomic E-state index is 13.1. The lowest BCUT2D eigenvalue weighted by atomic mass is 9.47. The Morgan fingerprint density at radius 2 is 1.30 bits per heavy atom. The number of esters is 4. The van der Waals surface area contributed by atoms with Gasteiger partial charge in [0, 0.05) is 27.2 Å². The minimum absolute atomic E-state index is 0.0901. The second-order valence-corrected chi connectivity index (χ2v) is 22.9. The monoisotopic (exact) mass is 941 g/mol. The summed E-state index contributed by atoms with van der Waals surface area (Å²) in [6.45, 7) is 20.7. The highest BCUT2D eigenvalue weighted by Gasteiger charge is 2.60. The van der Waals surface area contributed by atoms with Gasteiger partial charge < -0.3 is 28.4 Å². The number of fused-ring (bicyclic) bond motifs is 5. The van der Waals surface area contributed by atoms with E-state index in [-0.39, 0.29) is 30.5 Å². The van der Waals surface area contributed by atoms with E-state index in [9.17, 15) is 19.2 Å². The van der Waals surface area contributed by atoms with E-state index in [1.807, 2.05) is 0 Å². The minimum Gasteiger partial charge on any atom is -0.463 e. The van der Waals surface area contributed by atoms with Gasteiger partial charge in [0.25, 0.3) is 0 Å². The van der Waals surface area contributed by atoms with Crippen molar-refractivity contribution in [2.75, 3.05) is 6.61 Å². The Bertz CT molecular complexity index is 1590. The predicted octanol–water partition coefficient (Wildman–Crippen LogP) is 13.6. The summed E-state index contributed by atoms with van der Waals surface area (Å²) in [7, 11) is 0. The molecule has 5 aliphatic rings. The molecule has 14 atom stereocenters. The van der Waals surface area contributed by atoms with Crippen molar-refractivity contribution in [3.05, 3.63) is 11.6 Å². The van der Waals surface area contributed by atoms with E-state index < -0.39 is 48.6 Å². The molecule has 3 saturated carbocycles. The Morgan fingerprint density at radius 3 is 1.90 bits per heavy atom. The van der Waals surface area contributed by atoms with Gasteiger partial charge in [-0.05, 0) is 116 Å². The number of carbonyl (C=O) groups excluding carboxylic acids is 4. The van der Waals surface area contributed by atoms with E-state index in [0.717, 1.165) is 74.5 Å². The third-order valence-electron chi connectivity index (χ3n) is 18.0. The molecule has 0 aromatic rings. The predicted molar refractivity (Wildman–Crippen MR) is 264 cm³/mol. The summed E-state index contributed by atoms with van der Waals surface area (Å²) in [5, 5.41) is 0. The number of carbonyl (C=O) groups is 4. The van der Waals surface area contributed by atoms with E-state index in [4.69, 9.17) is 28.4 Å². The van der Waals surface area contributed by atoms with Gasteiger partial charge in [0.15, 0.2) is 24.6 Å². The minimum atomic E-state index is -1.24. The van der Waals surface area contributed by atoms with Crippen LogP contribution in [0.3, 0.4) is 0 Å². The van der Waals surface area contributed by atoms with Gasteiger partial charge in [0.05, 0.1) is 6.10 Å². The Labute approximate surface area is 407 Å². The van der Waals surface area contributed by atoms with Gasteiger partial charge in [0.1, 0.15) is 12.7 Å². The quantitative estimate of drug-likeness (QED) is 0.0340. The van der Waals surface area contributed by atoms with E-state index >= 15 is 0 Å². The second-order valence-electron chi connectivity index (χ2n) is 22.9. The largest absolute Gasteiger partial charge is 0.463 e. The number of hydrogen-bond acceptors (Lipinski definition) is 10. The van der Waals surface area contributed by atoms with Crippen LogP contribution in [0, 0.1) is 52.3 Å². The van der Waals surface area contributed by atoms with Gasteiger partial charge in [-0.25, -0.2) is 0 Å². The number of rotatable bonds is 27. The molecule has 0 bridgehead atoms. The van der Waals surface area contributed by atoms with Crippen LogP contribution in [0.25, 0.3) is 0 Å². The molecule has 0 spiro atoms. The highest BCUT2D eigenvalue weighted by molar-refractivity contribution is 5.69. The summed E-state index contributed by atoms with van der Waals surface area (Å²) in [5.41, 5.74) is 1.95. The van der Waals surface area contributed by atoms with Crippen molar-refractivity contribution in [2.24, 2.45) is 52.3 Å². The second kappa shape index (κ2) is 26.7. The van der Waals surface area contributed by atoms with Gasteiger partial charge in [-0.2, -0.15) is 0 Å². The Balaban J connectivity index is 1.19. The Hall–Kier alpha value is -2.46. The van der Waals surface area contributed by atoms with Gasteiger partial charge >= 0.3 is 23.9 Å². The highest BCUT2D eigenvalue weighted by Crippen LogP contribution is 2.67. The van der Waals surface area contributed by atoms with Crippen LogP contribution in [-0.2, 0) is 47.6 Å². The first-order valence-electron chi connectivity index (χ1n) is 27.7. The molecule has 14 unspecified atom stereocenters. The first kappa shape index (κ1) is 55.5. The van der Waals surface area contributed by atoms with E-state index in [1.54, 1.807) is 0 Å². The Kier molecular flexibility index (Phi) is 22.1. The SMILES string of the molecule is CCCCCCCCCCCCCCCC(=O)OCC1OC(OC2CCC3(C)C(=CCC4C3CCC3(C)C(C(C)CCC(CC)C(C)C)CCC43)C2)C(OC(C)=O)C(OC(C)=O)C1OC(C)=O. The van der Waals surface area contributed by atoms with Crippen molar-refractivity contribution in [2.45, 2.75) is 267 Å². The molecule has 384 valence electrons. The fourth-order valence-electron chi connectivity index (χ4n) is 14.2. The molecule has 1 aliphatic heterocycles. The number of unbranched alkanes of at least 4 members (excludes halogenated alkanes) is 12. The van der Waals surface area contributed by atoms with Crippen molar-refractivity contribution < 1.29 is 47.6 Å². The van der Waals surface area contributed by atoms with Crippen molar-refractivity contribution in [3.8, 4) is 0 Å². The zero-order valence-electron chi connectivity index (χ0n) is 44.1. The van der Waals surface area contributed by atoms with E-state index in [0.29, 0.717) is 17.3 Å². The van der Waals surface area contributed by atoms with Gasteiger partial charge in [-0.15, -0.1) is 0 Å². The molecule has 1 heterocycles. The van der Waals surface area contributed by atoms with Crippen LogP contribution in [0.4, 0.5) is 0 Å². The molecule has 1 saturated heterocycles. The van der Waals surface area contributed by atoms with Crippen LogP contribution >= 0.6 is 0 Å². The van der Waals surface area contributed by atoms with Crippen molar-refractivity contribution in [1.82, 2.24) is 0 Å². The molecule has 10 nitrogen and oxygen atoms in total. The molecule has 0 aromatic heterocycles. The highest BCUT2D eigenvalue weighted by atomic mass is 16.7. The topological polar surface area (TPSA) is 124 Å². The molecule has 0 aromatic carbocycles. The maximum Gasteiger partial charge on any atom is 0.305 e. The van der Waals surface area contributed by atoms with Crippen LogP contribution in [0.2, 0.25) is 0 Å². The molecule has 4 aliphatic carbocycles. The Morgan fingerprint density at radius 1 is 0.701 bits per heavy atom. The smallest absolute Gasteiger partial charge is 0.305 e. The van der Waals surface area contributed by atoms with Crippen LogP contribution in [0.1, 0.15) is 230 Å². The summed E-state index contributed by atoms with van der Waals surface area (Å²) in [6, 6.07) is 0. The van der Waals surface area contributed by atoms with Crippen molar-refractivity contribution in [1.29, 1.82) is 0 Å². The number of allylic oxidation sites excluding steroid dienone is 1. The molecule has 0 radical (unpaired) electrons. The zero-order chi connectivity index (χ0) is 48.7. The number of ether oxygens (including phenoxy) is 6. The van der Waals surface area contributed by atoms with E-state index in [1.165, 1.54) is 135 Å². The zero-order valence-corrected chi connectivity index (χ0v) is 44.1. The van der Waals surface area contributed by atoms with Crippen molar-refractivity contribution in [3.63, 3.8) is 0 Å². The van der Waals surface area contributed by atoms with Crippen molar-refractivity contribution >= 4 is 23.9 Å². The molecular weight excluding hydrogens is 845 g/mol. The maximum atomic E-state index is 13.1. The van der Waals surface area contributed by atoms with Crippen LogP contribution in [-0.4, -0.2) is 67.3 Å². The fourth-order valence-corrected chi connectivity index (χ4v) is 14.2. The molecule has 0 amide bonds. The third-order valence-corrected chi connectivity index (χ3v) is 18.0. The van der Waals surface area contributed by atoms with E-state index in [2.05, 4.69) is 54.5 Å².